The Morgan fingerprint density at radius 3 is 2.18 bits per heavy atom. The van der Waals surface area contributed by atoms with Crippen LogP contribution in [0.1, 0.15) is 11.1 Å². The molecule has 0 unspecified atom stereocenters. The average Bonchev–Trinajstić information content (AvgIpc) is 2.90. The van der Waals surface area contributed by atoms with Gasteiger partial charge in [0.2, 0.25) is 15.9 Å². The Morgan fingerprint density at radius 1 is 0.842 bits per heavy atom. The molecule has 0 aromatic heterocycles. The van der Waals surface area contributed by atoms with Crippen LogP contribution in [-0.2, 0) is 24.8 Å². The SMILES string of the molecule is COc1cccc(N(CC(=O)NCCNS(=O)(=O)c2ccc(C)cc2)S(=O)(=O)c2cc(C)ccc2OC)c1. The highest BCUT2D eigenvalue weighted by molar-refractivity contribution is 7.93. The lowest BCUT2D eigenvalue weighted by Gasteiger charge is -2.25. The van der Waals surface area contributed by atoms with Crippen molar-refractivity contribution in [1.29, 1.82) is 0 Å². The van der Waals surface area contributed by atoms with Crippen LogP contribution in [0.25, 0.3) is 0 Å². The maximum absolute atomic E-state index is 13.8. The lowest BCUT2D eigenvalue weighted by atomic mass is 10.2. The number of sulfonamides is 2. The quantitative estimate of drug-likeness (QED) is 0.325. The van der Waals surface area contributed by atoms with Crippen LogP contribution < -0.4 is 23.8 Å². The minimum absolute atomic E-state index is 0.0519. The second-order valence-corrected chi connectivity index (χ2v) is 12.0. The summed E-state index contributed by atoms with van der Waals surface area (Å²) in [5, 5.41) is 2.57. The summed E-state index contributed by atoms with van der Waals surface area (Å²) in [6.07, 6.45) is 0. The molecule has 204 valence electrons. The van der Waals surface area contributed by atoms with Gasteiger partial charge in [-0.2, -0.15) is 0 Å². The highest BCUT2D eigenvalue weighted by Crippen LogP contribution is 2.32. The molecule has 0 saturated heterocycles. The van der Waals surface area contributed by atoms with Gasteiger partial charge in [0.1, 0.15) is 22.9 Å². The van der Waals surface area contributed by atoms with Gasteiger partial charge in [0.05, 0.1) is 24.8 Å². The summed E-state index contributed by atoms with van der Waals surface area (Å²) < 4.78 is 66.3. The third kappa shape index (κ3) is 7.03. The lowest BCUT2D eigenvalue weighted by molar-refractivity contribution is -0.119. The van der Waals surface area contributed by atoms with Crippen LogP contribution in [0.15, 0.2) is 76.5 Å². The second kappa shape index (κ2) is 12.3. The number of nitrogens with zero attached hydrogens (tertiary/aromatic N) is 1. The first-order chi connectivity index (χ1) is 18.0. The fourth-order valence-corrected chi connectivity index (χ4v) is 6.25. The third-order valence-electron chi connectivity index (χ3n) is 5.59. The maximum Gasteiger partial charge on any atom is 0.268 e. The fourth-order valence-electron chi connectivity index (χ4n) is 3.56. The van der Waals surface area contributed by atoms with Gasteiger partial charge in [0, 0.05) is 19.2 Å². The first kappa shape index (κ1) is 29.0. The molecule has 10 nitrogen and oxygen atoms in total. The van der Waals surface area contributed by atoms with Crippen LogP contribution in [0.5, 0.6) is 11.5 Å². The summed E-state index contributed by atoms with van der Waals surface area (Å²) in [6, 6.07) is 17.4. The fraction of sp³-hybridized carbons (Fsp3) is 0.269. The van der Waals surface area contributed by atoms with Gasteiger partial charge in [-0.1, -0.05) is 29.8 Å². The summed E-state index contributed by atoms with van der Waals surface area (Å²) >= 11 is 0. The molecule has 12 heteroatoms. The lowest BCUT2D eigenvalue weighted by Crippen LogP contribution is -2.43. The van der Waals surface area contributed by atoms with Gasteiger partial charge < -0.3 is 14.8 Å². The van der Waals surface area contributed by atoms with Crippen molar-refractivity contribution in [2.45, 2.75) is 23.6 Å². The van der Waals surface area contributed by atoms with Crippen molar-refractivity contribution in [3.05, 3.63) is 77.9 Å². The number of rotatable bonds is 12. The van der Waals surface area contributed by atoms with E-state index in [4.69, 9.17) is 9.47 Å². The van der Waals surface area contributed by atoms with E-state index in [1.54, 1.807) is 49.4 Å². The summed E-state index contributed by atoms with van der Waals surface area (Å²) in [5.41, 5.74) is 1.83. The Kier molecular flexibility index (Phi) is 9.36. The average molecular weight is 562 g/mol. The van der Waals surface area contributed by atoms with Crippen LogP contribution in [0.2, 0.25) is 0 Å². The molecule has 2 N–H and O–H groups in total. The van der Waals surface area contributed by atoms with E-state index in [2.05, 4.69) is 10.0 Å². The molecule has 1 amide bonds. The summed E-state index contributed by atoms with van der Waals surface area (Å²) in [6.45, 7) is 2.91. The van der Waals surface area contributed by atoms with Crippen LogP contribution in [0.3, 0.4) is 0 Å². The molecule has 0 spiro atoms. The number of nitrogens with one attached hydrogen (secondary N) is 2. The third-order valence-corrected chi connectivity index (χ3v) is 8.86. The Morgan fingerprint density at radius 2 is 1.53 bits per heavy atom. The molecule has 38 heavy (non-hydrogen) atoms. The number of amides is 1. The summed E-state index contributed by atoms with van der Waals surface area (Å²) in [4.78, 5) is 12.9. The molecule has 0 fully saturated rings. The van der Waals surface area contributed by atoms with Crippen molar-refractivity contribution >= 4 is 31.6 Å². The molecule has 3 aromatic rings. The minimum atomic E-state index is -4.25. The van der Waals surface area contributed by atoms with E-state index in [1.165, 1.54) is 38.5 Å². The zero-order chi connectivity index (χ0) is 27.9. The number of carbonyl (C=O) groups excluding carboxylic acids is 1. The summed E-state index contributed by atoms with van der Waals surface area (Å²) in [5.74, 6) is -0.0863. The topological polar surface area (TPSA) is 131 Å². The molecule has 0 radical (unpaired) electrons. The summed E-state index contributed by atoms with van der Waals surface area (Å²) in [7, 11) is -5.19. The van der Waals surface area contributed by atoms with Crippen LogP contribution >= 0.6 is 0 Å². The maximum atomic E-state index is 13.8. The van der Waals surface area contributed by atoms with Gasteiger partial charge in [-0.25, -0.2) is 21.6 Å². The van der Waals surface area contributed by atoms with E-state index in [0.717, 1.165) is 9.87 Å². The molecule has 0 aliphatic carbocycles. The number of aryl methyl sites for hydroxylation is 2. The van der Waals surface area contributed by atoms with Crippen molar-refractivity contribution in [3.63, 3.8) is 0 Å². The molecular formula is C26H31N3O7S2. The van der Waals surface area contributed by atoms with E-state index in [0.29, 0.717) is 11.3 Å². The molecule has 0 heterocycles. The van der Waals surface area contributed by atoms with Crippen molar-refractivity contribution in [2.75, 3.05) is 38.2 Å². The van der Waals surface area contributed by atoms with E-state index in [-0.39, 0.29) is 34.3 Å². The predicted molar refractivity (Wildman–Crippen MR) is 145 cm³/mol. The van der Waals surface area contributed by atoms with E-state index in [1.807, 2.05) is 6.92 Å². The van der Waals surface area contributed by atoms with Crippen LogP contribution in [-0.4, -0.2) is 56.6 Å². The zero-order valence-corrected chi connectivity index (χ0v) is 23.2. The van der Waals surface area contributed by atoms with Gasteiger partial charge in [0.25, 0.3) is 10.0 Å². The molecule has 0 bridgehead atoms. The molecule has 0 saturated carbocycles. The van der Waals surface area contributed by atoms with E-state index < -0.39 is 32.5 Å². The number of hydrogen-bond donors (Lipinski definition) is 2. The van der Waals surface area contributed by atoms with Gasteiger partial charge in [0.15, 0.2) is 0 Å². The van der Waals surface area contributed by atoms with Gasteiger partial charge in [-0.3, -0.25) is 9.10 Å². The number of benzene rings is 3. The molecule has 3 rings (SSSR count). The minimum Gasteiger partial charge on any atom is -0.497 e. The molecule has 0 atom stereocenters. The number of carbonyl (C=O) groups is 1. The predicted octanol–water partition coefficient (Wildman–Crippen LogP) is 2.61. The van der Waals surface area contributed by atoms with Crippen LogP contribution in [0.4, 0.5) is 5.69 Å². The first-order valence-electron chi connectivity index (χ1n) is 11.6. The zero-order valence-electron chi connectivity index (χ0n) is 21.6. The monoisotopic (exact) mass is 561 g/mol. The highest BCUT2D eigenvalue weighted by atomic mass is 32.2. The van der Waals surface area contributed by atoms with Gasteiger partial charge in [-0.05, 0) is 55.8 Å². The number of hydrogen-bond acceptors (Lipinski definition) is 7. The molecular weight excluding hydrogens is 530 g/mol. The Balaban J connectivity index is 1.78. The van der Waals surface area contributed by atoms with E-state index >= 15 is 0 Å². The van der Waals surface area contributed by atoms with Gasteiger partial charge in [-0.15, -0.1) is 0 Å². The largest absolute Gasteiger partial charge is 0.497 e. The number of anilines is 1. The molecule has 3 aromatic carbocycles. The van der Waals surface area contributed by atoms with Crippen molar-refractivity contribution in [3.8, 4) is 11.5 Å². The molecule has 0 aliphatic rings. The van der Waals surface area contributed by atoms with Crippen LogP contribution in [0, 0.1) is 13.8 Å². The van der Waals surface area contributed by atoms with E-state index in [9.17, 15) is 21.6 Å². The molecule has 0 aliphatic heterocycles. The number of ether oxygens (including phenoxy) is 2. The Labute approximate surface area is 223 Å². The number of methoxy groups -OCH3 is 2. The normalized spacial score (nSPS) is 11.6. The Hall–Kier alpha value is -3.61. The van der Waals surface area contributed by atoms with Crippen molar-refractivity contribution in [2.24, 2.45) is 0 Å². The van der Waals surface area contributed by atoms with Crippen molar-refractivity contribution < 1.29 is 31.1 Å². The first-order valence-corrected chi connectivity index (χ1v) is 14.5. The standard InChI is InChI=1S/C26H31N3O7S2/c1-19-8-11-23(12-9-19)37(31,32)28-15-14-27-26(30)18-29(21-6-5-7-22(17-21)35-3)38(33,34)25-16-20(2)10-13-24(25)36-4/h5-13,16-17,28H,14-15,18H2,1-4H3,(H,27,30). The van der Waals surface area contributed by atoms with Gasteiger partial charge >= 0.3 is 0 Å². The second-order valence-electron chi connectivity index (χ2n) is 8.43. The van der Waals surface area contributed by atoms with Crippen molar-refractivity contribution in [1.82, 2.24) is 10.0 Å². The highest BCUT2D eigenvalue weighted by Gasteiger charge is 2.30. The Bertz CT molecular complexity index is 1490. The smallest absolute Gasteiger partial charge is 0.268 e.